The predicted molar refractivity (Wildman–Crippen MR) is 190 cm³/mol. The van der Waals surface area contributed by atoms with Gasteiger partial charge in [0.15, 0.2) is 0 Å². The van der Waals surface area contributed by atoms with Gasteiger partial charge in [-0.2, -0.15) is 5.10 Å². The van der Waals surface area contributed by atoms with Crippen LogP contribution in [0.4, 0.5) is 0 Å². The maximum absolute atomic E-state index is 6.51. The van der Waals surface area contributed by atoms with Gasteiger partial charge in [0.25, 0.3) is 0 Å². The van der Waals surface area contributed by atoms with Crippen LogP contribution in [0.5, 0.6) is 11.5 Å². The van der Waals surface area contributed by atoms with E-state index in [4.69, 9.17) is 14.8 Å². The number of aromatic nitrogens is 4. The molecule has 0 aliphatic heterocycles. The van der Waals surface area contributed by atoms with Crippen molar-refractivity contribution in [3.05, 3.63) is 132 Å². The molecule has 0 unspecified atom stereocenters. The van der Waals surface area contributed by atoms with Crippen LogP contribution in [-0.4, -0.2) is 19.3 Å². The zero-order chi connectivity index (χ0) is 31.9. The maximum Gasteiger partial charge on any atom is 0.137 e. The molecule has 5 heteroatoms. The molecule has 5 nitrogen and oxygen atoms in total. The lowest BCUT2D eigenvalue weighted by molar-refractivity contribution is 0.483. The molecular weight excluding hydrogens is 564 g/mol. The maximum atomic E-state index is 6.51. The van der Waals surface area contributed by atoms with Crippen LogP contribution < -0.4 is 4.74 Å². The number of ether oxygens (including phenoxy) is 1. The third-order valence-corrected chi connectivity index (χ3v) is 8.91. The first-order chi connectivity index (χ1) is 22.3. The fourth-order valence-electron chi connectivity index (χ4n) is 6.77. The molecule has 46 heavy (non-hydrogen) atoms. The Morgan fingerprint density at radius 2 is 1.57 bits per heavy atom. The predicted octanol–water partition coefficient (Wildman–Crippen LogP) is 10.9. The summed E-state index contributed by atoms with van der Waals surface area (Å²) in [4.78, 5) is 4.72. The monoisotopic (exact) mass is 604 g/mol. The second kappa shape index (κ2) is 12.0. The number of aryl methyl sites for hydroxylation is 2. The van der Waals surface area contributed by atoms with Crippen molar-refractivity contribution < 1.29 is 4.74 Å². The van der Waals surface area contributed by atoms with Crippen molar-refractivity contribution in [1.29, 1.82) is 0 Å². The zero-order valence-electron chi connectivity index (χ0n) is 27.5. The third kappa shape index (κ3) is 5.26. The Kier molecular flexibility index (Phi) is 7.69. The smallest absolute Gasteiger partial charge is 0.137 e. The number of para-hydroxylation sites is 1. The molecule has 3 heterocycles. The molecule has 3 aromatic heterocycles. The molecule has 0 fully saturated rings. The van der Waals surface area contributed by atoms with Crippen molar-refractivity contribution in [1.82, 2.24) is 19.3 Å². The number of fused-ring (bicyclic) bond motifs is 3. The minimum atomic E-state index is 0.413. The summed E-state index contributed by atoms with van der Waals surface area (Å²) in [6.07, 6.45) is 7.04. The number of nitrogens with zero attached hydrogens (tertiary/aromatic N) is 4. The van der Waals surface area contributed by atoms with Crippen LogP contribution in [0.1, 0.15) is 68.7 Å². The van der Waals surface area contributed by atoms with Crippen molar-refractivity contribution in [2.24, 2.45) is 0 Å². The van der Waals surface area contributed by atoms with E-state index in [1.807, 2.05) is 47.4 Å². The molecule has 0 aliphatic rings. The summed E-state index contributed by atoms with van der Waals surface area (Å²) >= 11 is 0. The lowest BCUT2D eigenvalue weighted by Gasteiger charge is -2.22. The lowest BCUT2D eigenvalue weighted by atomic mass is 9.82. The molecule has 0 atom stereocenters. The average Bonchev–Trinajstić information content (AvgIpc) is 3.67. The van der Waals surface area contributed by atoms with Crippen LogP contribution in [-0.2, 0) is 6.42 Å². The first-order valence-corrected chi connectivity index (χ1v) is 16.3. The summed E-state index contributed by atoms with van der Waals surface area (Å²) in [7, 11) is 0. The molecule has 0 spiro atoms. The Morgan fingerprint density at radius 1 is 0.761 bits per heavy atom. The summed E-state index contributed by atoms with van der Waals surface area (Å²) in [6.45, 7) is 13.5. The fraction of sp³-hybridized carbons (Fsp3) is 0.220. The molecule has 7 aromatic rings. The van der Waals surface area contributed by atoms with Crippen molar-refractivity contribution >= 4 is 21.8 Å². The van der Waals surface area contributed by atoms with Gasteiger partial charge in [-0.15, -0.1) is 0 Å². The largest absolute Gasteiger partial charge is 0.457 e. The SMILES string of the molecule is CCc1ccc(C(C)C)c(-c2cnn(-c3cccc(Oc4ccc5c6ccccc6n(-c6cc(C)ccn6)c5c4)c3)c2)c1C(C)C. The highest BCUT2D eigenvalue weighted by molar-refractivity contribution is 6.09. The topological polar surface area (TPSA) is 44.9 Å². The summed E-state index contributed by atoms with van der Waals surface area (Å²) < 4.78 is 10.7. The van der Waals surface area contributed by atoms with E-state index in [1.54, 1.807) is 0 Å². The highest BCUT2D eigenvalue weighted by Crippen LogP contribution is 2.39. The number of hydrogen-bond acceptors (Lipinski definition) is 3. The van der Waals surface area contributed by atoms with Crippen molar-refractivity contribution in [2.75, 3.05) is 0 Å². The fourth-order valence-corrected chi connectivity index (χ4v) is 6.77. The van der Waals surface area contributed by atoms with E-state index in [1.165, 1.54) is 33.2 Å². The third-order valence-electron chi connectivity index (χ3n) is 8.91. The van der Waals surface area contributed by atoms with Gasteiger partial charge in [0, 0.05) is 40.9 Å². The van der Waals surface area contributed by atoms with Gasteiger partial charge in [0.1, 0.15) is 17.3 Å². The highest BCUT2D eigenvalue weighted by atomic mass is 16.5. The molecular formula is C41H40N4O. The minimum absolute atomic E-state index is 0.413. The van der Waals surface area contributed by atoms with Crippen LogP contribution in [0, 0.1) is 6.92 Å². The van der Waals surface area contributed by atoms with Crippen LogP contribution in [0.2, 0.25) is 0 Å². The van der Waals surface area contributed by atoms with E-state index < -0.39 is 0 Å². The Morgan fingerprint density at radius 3 is 2.35 bits per heavy atom. The normalized spacial score (nSPS) is 11.7. The Labute approximate surface area is 271 Å². The van der Waals surface area contributed by atoms with Gasteiger partial charge in [-0.3, -0.25) is 4.57 Å². The summed E-state index contributed by atoms with van der Waals surface area (Å²) in [5.74, 6) is 3.24. The van der Waals surface area contributed by atoms with E-state index in [-0.39, 0.29) is 0 Å². The second-order valence-corrected chi connectivity index (χ2v) is 12.8. The first-order valence-electron chi connectivity index (χ1n) is 16.3. The summed E-state index contributed by atoms with van der Waals surface area (Å²) in [5.41, 5.74) is 11.0. The quantitative estimate of drug-likeness (QED) is 0.173. The van der Waals surface area contributed by atoms with Gasteiger partial charge in [-0.25, -0.2) is 9.67 Å². The minimum Gasteiger partial charge on any atom is -0.457 e. The Hall–Kier alpha value is -5.16. The Bertz CT molecular complexity index is 2200. The van der Waals surface area contributed by atoms with Crippen molar-refractivity contribution in [3.63, 3.8) is 0 Å². The van der Waals surface area contributed by atoms with Gasteiger partial charge in [-0.05, 0) is 95.5 Å². The molecule has 0 bridgehead atoms. The number of pyridine rings is 1. The average molecular weight is 605 g/mol. The first kappa shape index (κ1) is 29.5. The molecule has 0 saturated heterocycles. The van der Waals surface area contributed by atoms with Crippen molar-refractivity contribution in [2.45, 2.75) is 59.8 Å². The standard InChI is InChI=1S/C41H40N4O/c1-7-29-15-17-34(26(2)3)41(40(29)27(4)5)30-24-43-44(25-30)31-11-10-12-32(22-31)46-33-16-18-36-35-13-8-9-14-37(35)45(38(36)23-33)39-21-28(6)19-20-42-39/h8-27H,7H2,1-6H3. The van der Waals surface area contributed by atoms with Gasteiger partial charge in [0.2, 0.25) is 0 Å². The van der Waals surface area contributed by atoms with E-state index in [0.717, 1.165) is 51.4 Å². The summed E-state index contributed by atoms with van der Waals surface area (Å²) in [5, 5.41) is 7.19. The van der Waals surface area contributed by atoms with E-state index in [0.29, 0.717) is 11.8 Å². The van der Waals surface area contributed by atoms with Crippen LogP contribution >= 0.6 is 0 Å². The Balaban J connectivity index is 1.26. The molecule has 0 N–H and O–H groups in total. The number of rotatable bonds is 8. The van der Waals surface area contributed by atoms with E-state index in [9.17, 15) is 0 Å². The van der Waals surface area contributed by atoms with Crippen LogP contribution in [0.25, 0.3) is 44.4 Å². The van der Waals surface area contributed by atoms with E-state index >= 15 is 0 Å². The van der Waals surface area contributed by atoms with Crippen LogP contribution in [0.15, 0.2) is 110 Å². The van der Waals surface area contributed by atoms with Crippen molar-refractivity contribution in [3.8, 4) is 34.1 Å². The summed E-state index contributed by atoms with van der Waals surface area (Å²) in [6, 6.07) is 31.7. The molecule has 4 aromatic carbocycles. The molecule has 230 valence electrons. The molecule has 0 radical (unpaired) electrons. The zero-order valence-corrected chi connectivity index (χ0v) is 27.5. The van der Waals surface area contributed by atoms with E-state index in [2.05, 4.69) is 113 Å². The lowest BCUT2D eigenvalue weighted by Crippen LogP contribution is -2.04. The van der Waals surface area contributed by atoms with Crippen LogP contribution in [0.3, 0.4) is 0 Å². The highest BCUT2D eigenvalue weighted by Gasteiger charge is 2.20. The molecule has 0 saturated carbocycles. The number of benzene rings is 4. The van der Waals surface area contributed by atoms with Gasteiger partial charge < -0.3 is 4.74 Å². The second-order valence-electron chi connectivity index (χ2n) is 12.8. The molecule has 0 aliphatic carbocycles. The molecule has 7 rings (SSSR count). The van der Waals surface area contributed by atoms with Gasteiger partial charge in [0.05, 0.1) is 22.9 Å². The number of hydrogen-bond donors (Lipinski definition) is 0. The van der Waals surface area contributed by atoms with Gasteiger partial charge >= 0.3 is 0 Å². The van der Waals surface area contributed by atoms with Gasteiger partial charge in [-0.1, -0.05) is 71.0 Å². The molecule has 0 amide bonds.